The molecule has 0 bridgehead atoms. The molecule has 1 heterocycles. The highest BCUT2D eigenvalue weighted by Gasteiger charge is 2.35. The second kappa shape index (κ2) is 7.62. The lowest BCUT2D eigenvalue weighted by atomic mass is 10.1. The molecule has 0 aliphatic heterocycles. The molecule has 0 spiro atoms. The molecule has 0 fully saturated rings. The monoisotopic (exact) mass is 408 g/mol. The molecule has 1 atom stereocenters. The third kappa shape index (κ3) is 4.10. The minimum absolute atomic E-state index is 0.113. The first kappa shape index (κ1) is 19.3. The van der Waals surface area contributed by atoms with Crippen LogP contribution in [0.2, 0.25) is 5.02 Å². The Labute approximate surface area is 162 Å². The van der Waals surface area contributed by atoms with Crippen LogP contribution in [0, 0.1) is 11.3 Å². The summed E-state index contributed by atoms with van der Waals surface area (Å²) < 4.78 is 42.0. The van der Waals surface area contributed by atoms with Gasteiger partial charge in [0.15, 0.2) is 11.0 Å². The Hall–Kier alpha value is -2.50. The van der Waals surface area contributed by atoms with E-state index in [1.165, 1.54) is 22.8 Å². The number of rotatable bonds is 4. The molecule has 138 valence electrons. The zero-order valence-corrected chi connectivity index (χ0v) is 15.5. The molecular weight excluding hydrogens is 397 g/mol. The first-order valence-electron chi connectivity index (χ1n) is 7.75. The Balaban J connectivity index is 2.27. The number of nitrogens with zero attached hydrogens (tertiary/aromatic N) is 4. The largest absolute Gasteiger partial charge is 0.418 e. The highest BCUT2D eigenvalue weighted by Crippen LogP contribution is 2.38. The van der Waals surface area contributed by atoms with Gasteiger partial charge in [0.2, 0.25) is 0 Å². The molecule has 0 unspecified atom stereocenters. The molecule has 27 heavy (non-hydrogen) atoms. The normalized spacial score (nSPS) is 12.6. The van der Waals surface area contributed by atoms with Crippen LogP contribution < -0.4 is 0 Å². The minimum Gasteiger partial charge on any atom is -0.269 e. The second-order valence-electron chi connectivity index (χ2n) is 5.56. The first-order chi connectivity index (χ1) is 12.8. The van der Waals surface area contributed by atoms with E-state index in [0.29, 0.717) is 10.6 Å². The number of aromatic nitrogens is 3. The molecule has 0 amide bonds. The van der Waals surface area contributed by atoms with Crippen molar-refractivity contribution in [3.8, 4) is 23.1 Å². The number of alkyl halides is 3. The van der Waals surface area contributed by atoms with E-state index in [-0.39, 0.29) is 16.7 Å². The average molecular weight is 409 g/mol. The van der Waals surface area contributed by atoms with Crippen LogP contribution in [0.25, 0.3) is 17.1 Å². The molecule has 0 aliphatic carbocycles. The third-order valence-corrected chi connectivity index (χ3v) is 4.80. The summed E-state index contributed by atoms with van der Waals surface area (Å²) in [5, 5.41) is 17.3. The zero-order valence-electron chi connectivity index (χ0n) is 13.9. The SMILES string of the molecule is C[C@H](C#N)Sc1nnc(-c2cccc(Cl)c2)n1-c1ccccc1C(F)(F)F. The highest BCUT2D eigenvalue weighted by molar-refractivity contribution is 8.00. The van der Waals surface area contributed by atoms with Crippen LogP contribution in [0.3, 0.4) is 0 Å². The fourth-order valence-electron chi connectivity index (χ4n) is 2.47. The van der Waals surface area contributed by atoms with Crippen molar-refractivity contribution in [2.75, 3.05) is 0 Å². The van der Waals surface area contributed by atoms with Gasteiger partial charge in [-0.1, -0.05) is 47.6 Å². The van der Waals surface area contributed by atoms with Crippen molar-refractivity contribution in [1.82, 2.24) is 14.8 Å². The van der Waals surface area contributed by atoms with E-state index in [2.05, 4.69) is 10.2 Å². The molecule has 0 saturated heterocycles. The van der Waals surface area contributed by atoms with Gasteiger partial charge in [-0.2, -0.15) is 18.4 Å². The van der Waals surface area contributed by atoms with Gasteiger partial charge in [0.05, 0.1) is 22.6 Å². The van der Waals surface area contributed by atoms with Crippen LogP contribution in [0.1, 0.15) is 12.5 Å². The van der Waals surface area contributed by atoms with Crippen molar-refractivity contribution in [3.05, 3.63) is 59.1 Å². The smallest absolute Gasteiger partial charge is 0.269 e. The van der Waals surface area contributed by atoms with Gasteiger partial charge in [-0.15, -0.1) is 10.2 Å². The minimum atomic E-state index is -4.56. The fraction of sp³-hybridized carbons (Fsp3) is 0.167. The Bertz CT molecular complexity index is 1010. The molecule has 1 aromatic heterocycles. The number of halogens is 4. The van der Waals surface area contributed by atoms with Crippen molar-refractivity contribution in [3.63, 3.8) is 0 Å². The Kier molecular flexibility index (Phi) is 5.44. The summed E-state index contributed by atoms with van der Waals surface area (Å²) >= 11 is 7.06. The van der Waals surface area contributed by atoms with Crippen LogP contribution in [0.4, 0.5) is 13.2 Å². The van der Waals surface area contributed by atoms with Gasteiger partial charge in [-0.05, 0) is 31.2 Å². The van der Waals surface area contributed by atoms with E-state index in [4.69, 9.17) is 16.9 Å². The average Bonchev–Trinajstić information content (AvgIpc) is 3.04. The van der Waals surface area contributed by atoms with E-state index in [0.717, 1.165) is 17.8 Å². The zero-order chi connectivity index (χ0) is 19.6. The predicted molar refractivity (Wildman–Crippen MR) is 97.7 cm³/mol. The van der Waals surface area contributed by atoms with Crippen LogP contribution in [0.5, 0.6) is 0 Å². The summed E-state index contributed by atoms with van der Waals surface area (Å²) in [6.07, 6.45) is -4.56. The van der Waals surface area contributed by atoms with Crippen LogP contribution in [-0.2, 0) is 6.18 Å². The Morgan fingerprint density at radius 3 is 2.56 bits per heavy atom. The molecule has 3 rings (SSSR count). The van der Waals surface area contributed by atoms with E-state index in [9.17, 15) is 13.2 Å². The summed E-state index contributed by atoms with van der Waals surface area (Å²) in [5.74, 6) is 0.210. The lowest BCUT2D eigenvalue weighted by molar-refractivity contribution is -0.137. The van der Waals surface area contributed by atoms with Gasteiger partial charge in [-0.3, -0.25) is 4.57 Å². The lowest BCUT2D eigenvalue weighted by Gasteiger charge is -2.16. The van der Waals surface area contributed by atoms with E-state index in [1.54, 1.807) is 31.2 Å². The third-order valence-electron chi connectivity index (χ3n) is 3.63. The van der Waals surface area contributed by atoms with Crippen molar-refractivity contribution in [2.45, 2.75) is 23.5 Å². The number of para-hydroxylation sites is 1. The highest BCUT2D eigenvalue weighted by atomic mass is 35.5. The first-order valence-corrected chi connectivity index (χ1v) is 9.01. The van der Waals surface area contributed by atoms with Crippen LogP contribution in [0.15, 0.2) is 53.7 Å². The lowest BCUT2D eigenvalue weighted by Crippen LogP contribution is -2.12. The summed E-state index contributed by atoms with van der Waals surface area (Å²) in [7, 11) is 0. The molecule has 0 aliphatic rings. The number of hydrogen-bond donors (Lipinski definition) is 0. The van der Waals surface area contributed by atoms with Gasteiger partial charge in [0.25, 0.3) is 0 Å². The van der Waals surface area contributed by atoms with Gasteiger partial charge in [-0.25, -0.2) is 0 Å². The molecule has 4 nitrogen and oxygen atoms in total. The topological polar surface area (TPSA) is 54.5 Å². The van der Waals surface area contributed by atoms with Crippen molar-refractivity contribution >= 4 is 23.4 Å². The predicted octanol–water partition coefficient (Wildman–Crippen LogP) is 5.61. The molecule has 0 saturated carbocycles. The maximum atomic E-state index is 13.6. The quantitative estimate of drug-likeness (QED) is 0.526. The van der Waals surface area contributed by atoms with Gasteiger partial charge in [0.1, 0.15) is 0 Å². The summed E-state index contributed by atoms with van der Waals surface area (Å²) in [4.78, 5) is 0. The van der Waals surface area contributed by atoms with E-state index < -0.39 is 17.0 Å². The van der Waals surface area contributed by atoms with Crippen molar-refractivity contribution in [1.29, 1.82) is 5.26 Å². The number of benzene rings is 2. The molecular formula is C18H12ClF3N4S. The molecule has 0 radical (unpaired) electrons. The Morgan fingerprint density at radius 2 is 1.89 bits per heavy atom. The molecule has 2 aromatic carbocycles. The number of thioether (sulfide) groups is 1. The summed E-state index contributed by atoms with van der Waals surface area (Å²) in [6, 6.07) is 13.8. The van der Waals surface area contributed by atoms with Gasteiger partial charge < -0.3 is 0 Å². The Morgan fingerprint density at radius 1 is 1.15 bits per heavy atom. The standard InChI is InChI=1S/C18H12ClF3N4S/c1-11(10-23)27-17-25-24-16(12-5-4-6-13(19)9-12)26(17)15-8-3-2-7-14(15)18(20,21)22/h2-9,11H,1H3/t11-/m1/s1. The van der Waals surface area contributed by atoms with Crippen molar-refractivity contribution in [2.24, 2.45) is 0 Å². The molecule has 3 aromatic rings. The number of nitriles is 1. The van der Waals surface area contributed by atoms with E-state index >= 15 is 0 Å². The van der Waals surface area contributed by atoms with Gasteiger partial charge >= 0.3 is 6.18 Å². The van der Waals surface area contributed by atoms with Crippen LogP contribution in [-0.4, -0.2) is 20.0 Å². The van der Waals surface area contributed by atoms with Crippen molar-refractivity contribution < 1.29 is 13.2 Å². The number of hydrogen-bond acceptors (Lipinski definition) is 4. The summed E-state index contributed by atoms with van der Waals surface area (Å²) in [5.41, 5.74) is -0.416. The van der Waals surface area contributed by atoms with E-state index in [1.807, 2.05) is 6.07 Å². The molecule has 0 N–H and O–H groups in total. The second-order valence-corrected chi connectivity index (χ2v) is 7.30. The molecule has 9 heteroatoms. The maximum absolute atomic E-state index is 13.6. The maximum Gasteiger partial charge on any atom is 0.418 e. The van der Waals surface area contributed by atoms with Crippen LogP contribution >= 0.6 is 23.4 Å². The van der Waals surface area contributed by atoms with Gasteiger partial charge in [0, 0.05) is 10.6 Å². The fourth-order valence-corrected chi connectivity index (χ4v) is 3.41. The summed E-state index contributed by atoms with van der Waals surface area (Å²) in [6.45, 7) is 1.64.